The summed E-state index contributed by atoms with van der Waals surface area (Å²) in [6.45, 7) is 40.5. The molecule has 7 rings (SSSR count). The van der Waals surface area contributed by atoms with E-state index in [0.29, 0.717) is 5.56 Å². The van der Waals surface area contributed by atoms with Crippen molar-refractivity contribution in [2.45, 2.75) is 215 Å². The number of aryl methyl sites for hydroxylation is 1. The molecule has 83 heavy (non-hydrogen) atoms. The van der Waals surface area contributed by atoms with E-state index in [1.165, 1.54) is 40.2 Å². The highest BCUT2D eigenvalue weighted by Crippen LogP contribution is 2.38. The average Bonchev–Trinajstić information content (AvgIpc) is 4.13. The number of rotatable bonds is 1. The van der Waals surface area contributed by atoms with Gasteiger partial charge in [-0.25, -0.2) is 9.67 Å². The van der Waals surface area contributed by atoms with E-state index in [1.807, 2.05) is 112 Å². The van der Waals surface area contributed by atoms with Crippen LogP contribution in [0.5, 0.6) is 0 Å². The maximum Gasteiger partial charge on any atom is 0.425 e. The Bertz CT molecular complexity index is 2780. The Balaban J connectivity index is 0.000000486. The van der Waals surface area contributed by atoms with Gasteiger partial charge in [-0.3, -0.25) is 18.7 Å². The molecule has 0 aromatic carbocycles. The monoisotopic (exact) mass is 1230 g/mol. The number of nitriles is 1. The minimum absolute atomic E-state index is 0.0326. The van der Waals surface area contributed by atoms with Crippen LogP contribution >= 0.6 is 22.7 Å². The lowest BCUT2D eigenvalue weighted by Gasteiger charge is -2.18. The third-order valence-electron chi connectivity index (χ3n) is 10.9. The van der Waals surface area contributed by atoms with Crippen molar-refractivity contribution in [1.29, 1.82) is 5.26 Å². The first-order valence-electron chi connectivity index (χ1n) is 25.8. The van der Waals surface area contributed by atoms with Gasteiger partial charge in [0.1, 0.15) is 30.1 Å². The minimum atomic E-state index is -4.30. The third kappa shape index (κ3) is 28.0. The van der Waals surface area contributed by atoms with Crippen molar-refractivity contribution < 1.29 is 52.7 Å². The number of hydrogen-bond donors (Lipinski definition) is 0. The molecule has 0 aliphatic heterocycles. The molecular weight excluding hydrogens is 1140 g/mol. The Hall–Kier alpha value is -5.97. The Morgan fingerprint density at radius 2 is 0.855 bits per heavy atom. The number of nitrogens with zero attached hydrogens (tertiary/aromatic N) is 12. The summed E-state index contributed by atoms with van der Waals surface area (Å²) < 4.78 is 153. The molecule has 0 saturated heterocycles. The smallest absolute Gasteiger partial charge is 0.276 e. The number of aromatic nitrogens is 11. The average molecular weight is 1230 g/mol. The highest BCUT2D eigenvalue weighted by atomic mass is 32.1. The van der Waals surface area contributed by atoms with E-state index in [-0.39, 0.29) is 32.7 Å². The van der Waals surface area contributed by atoms with Crippen LogP contribution in [-0.2, 0) is 70.4 Å². The van der Waals surface area contributed by atoms with Gasteiger partial charge in [0.15, 0.2) is 0 Å². The summed E-state index contributed by atoms with van der Waals surface area (Å²) in [6.07, 6.45) is -1.58. The van der Waals surface area contributed by atoms with Gasteiger partial charge >= 0.3 is 24.7 Å². The van der Waals surface area contributed by atoms with Gasteiger partial charge < -0.3 is 0 Å². The molecule has 0 radical (unpaired) electrons. The Kier molecular flexibility index (Phi) is 25.6. The van der Waals surface area contributed by atoms with E-state index >= 15 is 0 Å². The fourth-order valence-corrected chi connectivity index (χ4v) is 7.73. The topological polar surface area (TPSA) is 126 Å². The standard InChI is InChI=1S/C9H13F3N2.2C9H11F3S.C8H11F3N2.C8H11N3.C8H14N2.C6H11N3/c1-8(2,3)7-4-13-14(5-7)6-9(10,11)12;1-8(2,3)7-4-6(5-13-7)9(10,11)12;1-8(2,3)6-4-7(13-5-6)9(10,11)12;1-7(2,3)13-5-6(4-12-13)8(9,10)11;1-8(2,3)11-6-7(4-9)5-10-11;1-8(2,3)7-5-9-10(4)6-7;1-6(2,3)9-5-7-4-8-9/h4-5H,6H2,1-3H3;3*4-5H,1-3H3;5-6H,1-3H3;5-6H,1-4H3;4-5H,1-3H3. The fraction of sp³-hybridized carbons (Fsp3) is 0.596. The number of thiophene rings is 2. The van der Waals surface area contributed by atoms with Crippen LogP contribution in [0.4, 0.5) is 52.7 Å². The molecule has 0 atom stereocenters. The summed E-state index contributed by atoms with van der Waals surface area (Å²) in [5.74, 6) is 0. The van der Waals surface area contributed by atoms with Crippen LogP contribution in [0.15, 0.2) is 85.1 Å². The van der Waals surface area contributed by atoms with E-state index < -0.39 is 52.8 Å². The molecule has 0 bridgehead atoms. The zero-order valence-corrected chi connectivity index (χ0v) is 53.1. The lowest BCUT2D eigenvalue weighted by atomic mass is 9.89. The lowest BCUT2D eigenvalue weighted by molar-refractivity contribution is -0.142. The molecule has 466 valence electrons. The van der Waals surface area contributed by atoms with Crippen molar-refractivity contribution in [3.05, 3.63) is 128 Å². The second-order valence-electron chi connectivity index (χ2n) is 26.1. The molecular formula is C57H82F12N12S2. The predicted molar refractivity (Wildman–Crippen MR) is 304 cm³/mol. The lowest BCUT2D eigenvalue weighted by Crippen LogP contribution is -2.22. The zero-order chi connectivity index (χ0) is 65.0. The molecule has 0 unspecified atom stereocenters. The van der Waals surface area contributed by atoms with Gasteiger partial charge in [-0.2, -0.15) is 83.4 Å². The van der Waals surface area contributed by atoms with E-state index in [2.05, 4.69) is 78.2 Å². The SMILES string of the molecule is CC(C)(C)c1cc(C(F)(F)F)cs1.CC(C)(C)c1cnn(CC(F)(F)F)c1.CC(C)(C)c1csc(C(F)(F)F)c1.CC(C)(C)n1cc(C#N)cn1.CC(C)(C)n1cc(C(F)(F)F)cn1.CC(C)(C)n1cncn1.Cn1cc(C(C)(C)C)cn1. The molecule has 7 aromatic rings. The van der Waals surface area contributed by atoms with Crippen LogP contribution in [0.25, 0.3) is 0 Å². The first kappa shape index (κ1) is 75.0. The van der Waals surface area contributed by atoms with E-state index in [9.17, 15) is 52.7 Å². The maximum atomic E-state index is 12.2. The molecule has 0 spiro atoms. The van der Waals surface area contributed by atoms with Gasteiger partial charge in [0.2, 0.25) is 0 Å². The van der Waals surface area contributed by atoms with Gasteiger partial charge in [-0.1, -0.05) is 83.1 Å². The summed E-state index contributed by atoms with van der Waals surface area (Å²) in [5.41, 5.74) is 1.48. The third-order valence-corrected chi connectivity index (χ3v) is 13.3. The van der Waals surface area contributed by atoms with Gasteiger partial charge in [-0.15, -0.1) is 22.7 Å². The van der Waals surface area contributed by atoms with Gasteiger partial charge in [0.05, 0.1) is 58.1 Å². The number of hydrogen-bond acceptors (Lipinski definition) is 9. The van der Waals surface area contributed by atoms with Crippen molar-refractivity contribution in [2.24, 2.45) is 7.05 Å². The number of halogens is 12. The summed E-state index contributed by atoms with van der Waals surface area (Å²) in [5, 5.41) is 30.7. The highest BCUT2D eigenvalue weighted by molar-refractivity contribution is 7.10. The summed E-state index contributed by atoms with van der Waals surface area (Å²) in [7, 11) is 1.94. The van der Waals surface area contributed by atoms with Crippen LogP contribution in [0.3, 0.4) is 0 Å². The number of alkyl halides is 12. The van der Waals surface area contributed by atoms with Crippen molar-refractivity contribution >= 4 is 22.7 Å². The van der Waals surface area contributed by atoms with Crippen molar-refractivity contribution in [1.82, 2.24) is 53.9 Å². The maximum absolute atomic E-state index is 12.2. The van der Waals surface area contributed by atoms with Crippen LogP contribution in [0.2, 0.25) is 0 Å². The Morgan fingerprint density at radius 3 is 1.11 bits per heavy atom. The molecule has 0 saturated carbocycles. The van der Waals surface area contributed by atoms with E-state index in [0.717, 1.165) is 55.8 Å². The molecule has 7 heterocycles. The van der Waals surface area contributed by atoms with Crippen molar-refractivity contribution in [3.63, 3.8) is 0 Å². The largest absolute Gasteiger partial charge is 0.425 e. The van der Waals surface area contributed by atoms with E-state index in [1.54, 1.807) is 55.9 Å². The molecule has 7 aromatic heterocycles. The molecule has 0 N–H and O–H groups in total. The summed E-state index contributed by atoms with van der Waals surface area (Å²) in [6, 6.07) is 4.49. The molecule has 0 amide bonds. The van der Waals surface area contributed by atoms with Crippen LogP contribution in [0, 0.1) is 11.3 Å². The summed E-state index contributed by atoms with van der Waals surface area (Å²) in [4.78, 5) is 4.09. The Morgan fingerprint density at radius 1 is 0.434 bits per heavy atom. The molecule has 0 fully saturated rings. The van der Waals surface area contributed by atoms with Gasteiger partial charge in [0.25, 0.3) is 0 Å². The van der Waals surface area contributed by atoms with Crippen molar-refractivity contribution in [3.8, 4) is 6.07 Å². The van der Waals surface area contributed by atoms with Crippen LogP contribution in [0.1, 0.15) is 189 Å². The second kappa shape index (κ2) is 28.3. The quantitative estimate of drug-likeness (QED) is 0.150. The molecule has 0 aliphatic carbocycles. The first-order chi connectivity index (χ1) is 37.0. The molecule has 0 aliphatic rings. The van der Waals surface area contributed by atoms with Gasteiger partial charge in [-0.05, 0) is 118 Å². The van der Waals surface area contributed by atoms with Crippen LogP contribution in [-0.4, -0.2) is 60.1 Å². The normalized spacial score (nSPS) is 12.7. The Labute approximate surface area is 488 Å². The van der Waals surface area contributed by atoms with Gasteiger partial charge in [0, 0.05) is 42.1 Å². The minimum Gasteiger partial charge on any atom is -0.276 e. The highest BCUT2D eigenvalue weighted by Gasteiger charge is 2.36. The first-order valence-corrected chi connectivity index (χ1v) is 27.6. The predicted octanol–water partition coefficient (Wildman–Crippen LogP) is 17.8. The zero-order valence-electron chi connectivity index (χ0n) is 51.5. The second-order valence-corrected chi connectivity index (χ2v) is 28.0. The molecule has 12 nitrogen and oxygen atoms in total. The van der Waals surface area contributed by atoms with Crippen LogP contribution < -0.4 is 0 Å². The fourth-order valence-electron chi connectivity index (χ4n) is 5.72. The molecule has 26 heteroatoms. The van der Waals surface area contributed by atoms with E-state index in [4.69, 9.17) is 5.26 Å². The van der Waals surface area contributed by atoms with Crippen molar-refractivity contribution in [2.75, 3.05) is 0 Å². The summed E-state index contributed by atoms with van der Waals surface area (Å²) >= 11 is 1.92.